The summed E-state index contributed by atoms with van der Waals surface area (Å²) in [5.41, 5.74) is 6.56. The van der Waals surface area contributed by atoms with Gasteiger partial charge in [0.25, 0.3) is 0 Å². The molecule has 1 aliphatic heterocycles. The highest BCUT2D eigenvalue weighted by atomic mass is 127. The van der Waals surface area contributed by atoms with Gasteiger partial charge in [-0.3, -0.25) is 4.99 Å². The number of benzene rings is 1. The Balaban J connectivity index is 0.00000200. The number of hydrogen-bond acceptors (Lipinski definition) is 4. The first-order valence-electron chi connectivity index (χ1n) is 5.99. The molecule has 1 atom stereocenters. The van der Waals surface area contributed by atoms with Crippen LogP contribution in [0, 0.1) is 0 Å². The van der Waals surface area contributed by atoms with Gasteiger partial charge in [0.15, 0.2) is 15.8 Å². The van der Waals surface area contributed by atoms with Crippen LogP contribution in [-0.2, 0) is 14.6 Å². The van der Waals surface area contributed by atoms with Crippen molar-refractivity contribution in [3.63, 3.8) is 0 Å². The van der Waals surface area contributed by atoms with Crippen LogP contribution in [0.25, 0.3) is 0 Å². The van der Waals surface area contributed by atoms with Crippen molar-refractivity contribution in [3.05, 3.63) is 30.3 Å². The number of ether oxygens (including phenoxy) is 1. The van der Waals surface area contributed by atoms with Crippen LogP contribution in [0.1, 0.15) is 0 Å². The van der Waals surface area contributed by atoms with Crippen molar-refractivity contribution >= 4 is 45.5 Å². The van der Waals surface area contributed by atoms with E-state index in [-0.39, 0.29) is 54.6 Å². The van der Waals surface area contributed by atoms with Gasteiger partial charge in [-0.05, 0) is 12.1 Å². The van der Waals surface area contributed by atoms with Gasteiger partial charge in [-0.15, -0.1) is 24.0 Å². The van der Waals surface area contributed by atoms with E-state index in [1.165, 1.54) is 0 Å². The van der Waals surface area contributed by atoms with E-state index < -0.39 is 15.9 Å². The van der Waals surface area contributed by atoms with Gasteiger partial charge in [0, 0.05) is 5.69 Å². The van der Waals surface area contributed by atoms with Gasteiger partial charge in [0.05, 0.1) is 30.8 Å². The Morgan fingerprint density at radius 2 is 2.10 bits per heavy atom. The smallest absolute Gasteiger partial charge is 0.193 e. The predicted octanol–water partition coefficient (Wildman–Crippen LogP) is 0.845. The highest BCUT2D eigenvalue weighted by Crippen LogP contribution is 2.08. The Labute approximate surface area is 135 Å². The number of rotatable bonds is 3. The minimum Gasteiger partial charge on any atom is -0.374 e. The van der Waals surface area contributed by atoms with Gasteiger partial charge in [0.2, 0.25) is 0 Å². The summed E-state index contributed by atoms with van der Waals surface area (Å²) in [6.07, 6.45) is -0.408. The zero-order valence-electron chi connectivity index (χ0n) is 10.9. The van der Waals surface area contributed by atoms with Gasteiger partial charge in [0.1, 0.15) is 0 Å². The van der Waals surface area contributed by atoms with E-state index in [0.717, 1.165) is 5.69 Å². The number of para-hydroxylation sites is 1. The molecule has 20 heavy (non-hydrogen) atoms. The molecule has 0 amide bonds. The molecule has 0 radical (unpaired) electrons. The van der Waals surface area contributed by atoms with Crippen LogP contribution in [0.15, 0.2) is 35.3 Å². The molecular formula is C12H18IN3O3S. The molecule has 1 unspecified atom stereocenters. The Morgan fingerprint density at radius 1 is 1.40 bits per heavy atom. The number of hydrogen-bond donors (Lipinski definition) is 2. The Morgan fingerprint density at radius 3 is 2.75 bits per heavy atom. The van der Waals surface area contributed by atoms with Crippen LogP contribution in [0.3, 0.4) is 0 Å². The van der Waals surface area contributed by atoms with Crippen LogP contribution in [0.5, 0.6) is 0 Å². The molecule has 0 aliphatic carbocycles. The topological polar surface area (TPSA) is 93.8 Å². The Bertz CT molecular complexity index is 548. The normalized spacial score (nSPS) is 21.8. The summed E-state index contributed by atoms with van der Waals surface area (Å²) in [6, 6.07) is 9.39. The van der Waals surface area contributed by atoms with E-state index in [1.807, 2.05) is 30.3 Å². The maximum atomic E-state index is 11.4. The summed E-state index contributed by atoms with van der Waals surface area (Å²) in [5.74, 6) is 0.345. The molecule has 3 N–H and O–H groups in total. The lowest BCUT2D eigenvalue weighted by Gasteiger charge is -2.21. The predicted molar refractivity (Wildman–Crippen MR) is 90.4 cm³/mol. The highest BCUT2D eigenvalue weighted by Gasteiger charge is 2.25. The molecule has 0 aromatic heterocycles. The molecule has 0 saturated carbocycles. The zero-order chi connectivity index (χ0) is 13.7. The van der Waals surface area contributed by atoms with Crippen LogP contribution in [0.2, 0.25) is 0 Å². The average Bonchev–Trinajstić information content (AvgIpc) is 2.36. The summed E-state index contributed by atoms with van der Waals surface area (Å²) in [6.45, 7) is 0.472. The fourth-order valence-corrected chi connectivity index (χ4v) is 3.06. The summed E-state index contributed by atoms with van der Waals surface area (Å²) in [4.78, 5) is 4.10. The molecule has 0 bridgehead atoms. The fourth-order valence-electron chi connectivity index (χ4n) is 1.77. The van der Waals surface area contributed by atoms with Crippen LogP contribution >= 0.6 is 24.0 Å². The molecule has 1 heterocycles. The summed E-state index contributed by atoms with van der Waals surface area (Å²) >= 11 is 0. The molecule has 2 rings (SSSR count). The first-order valence-corrected chi connectivity index (χ1v) is 7.81. The number of nitrogens with zero attached hydrogens (tertiary/aromatic N) is 1. The molecule has 1 aliphatic rings. The van der Waals surface area contributed by atoms with Crippen molar-refractivity contribution in [3.8, 4) is 0 Å². The Hall–Kier alpha value is -0.870. The lowest BCUT2D eigenvalue weighted by molar-refractivity contribution is 0.0783. The third-order valence-electron chi connectivity index (χ3n) is 2.70. The molecule has 1 fully saturated rings. The Kier molecular flexibility index (Phi) is 6.69. The molecule has 112 valence electrons. The van der Waals surface area contributed by atoms with Crippen LogP contribution in [-0.4, -0.2) is 45.1 Å². The van der Waals surface area contributed by atoms with E-state index >= 15 is 0 Å². The standard InChI is InChI=1S/C12H17N3O3S.HI/c13-12(15-10-4-2-1-3-5-10)14-8-11-9-19(16,17)7-6-18-11;/h1-5,11H,6-9H2,(H3,13,14,15);1H. The second kappa shape index (κ2) is 7.79. The lowest BCUT2D eigenvalue weighted by Crippen LogP contribution is -2.37. The van der Waals surface area contributed by atoms with Crippen LogP contribution in [0.4, 0.5) is 5.69 Å². The maximum Gasteiger partial charge on any atom is 0.193 e. The SMILES string of the molecule is I.NC(=NCC1CS(=O)(=O)CCO1)Nc1ccccc1. The largest absolute Gasteiger partial charge is 0.374 e. The quantitative estimate of drug-likeness (QED) is 0.437. The molecule has 1 aromatic rings. The average molecular weight is 411 g/mol. The fraction of sp³-hybridized carbons (Fsp3) is 0.417. The molecule has 1 saturated heterocycles. The van der Waals surface area contributed by atoms with Crippen molar-refractivity contribution in [1.82, 2.24) is 0 Å². The van der Waals surface area contributed by atoms with Gasteiger partial charge in [-0.2, -0.15) is 0 Å². The van der Waals surface area contributed by atoms with Crippen LogP contribution < -0.4 is 11.1 Å². The zero-order valence-corrected chi connectivity index (χ0v) is 14.0. The number of aliphatic imine (C=N–C) groups is 1. The maximum absolute atomic E-state index is 11.4. The number of sulfone groups is 1. The van der Waals surface area contributed by atoms with E-state index in [9.17, 15) is 8.42 Å². The first-order chi connectivity index (χ1) is 9.05. The number of nitrogens with two attached hydrogens (primary N) is 1. The second-order valence-electron chi connectivity index (χ2n) is 4.32. The van der Waals surface area contributed by atoms with Gasteiger partial charge >= 0.3 is 0 Å². The van der Waals surface area contributed by atoms with E-state index in [4.69, 9.17) is 10.5 Å². The third-order valence-corrected chi connectivity index (χ3v) is 4.37. The molecule has 1 aromatic carbocycles. The molecule has 0 spiro atoms. The van der Waals surface area contributed by atoms with Crippen molar-refractivity contribution in [1.29, 1.82) is 0 Å². The van der Waals surface area contributed by atoms with Crippen molar-refractivity contribution in [2.75, 3.05) is 30.0 Å². The number of nitrogens with one attached hydrogen (secondary N) is 1. The number of halogens is 1. The summed E-state index contributed by atoms with van der Waals surface area (Å²) in [5, 5.41) is 2.92. The first kappa shape index (κ1) is 17.2. The van der Waals surface area contributed by atoms with Gasteiger partial charge < -0.3 is 15.8 Å². The summed E-state index contributed by atoms with van der Waals surface area (Å²) in [7, 11) is -2.99. The van der Waals surface area contributed by atoms with E-state index in [1.54, 1.807) is 0 Å². The minimum atomic E-state index is -2.99. The van der Waals surface area contributed by atoms with Gasteiger partial charge in [-0.1, -0.05) is 18.2 Å². The second-order valence-corrected chi connectivity index (χ2v) is 6.55. The van der Waals surface area contributed by atoms with Crippen molar-refractivity contribution in [2.45, 2.75) is 6.10 Å². The lowest BCUT2D eigenvalue weighted by atomic mass is 10.3. The van der Waals surface area contributed by atoms with Crippen molar-refractivity contribution in [2.24, 2.45) is 10.7 Å². The van der Waals surface area contributed by atoms with Crippen molar-refractivity contribution < 1.29 is 13.2 Å². The monoisotopic (exact) mass is 411 g/mol. The minimum absolute atomic E-state index is 0. The molecule has 8 heteroatoms. The number of anilines is 1. The van der Waals surface area contributed by atoms with E-state index in [0.29, 0.717) is 0 Å². The molecular weight excluding hydrogens is 393 g/mol. The third kappa shape index (κ3) is 5.63. The van der Waals surface area contributed by atoms with Gasteiger partial charge in [-0.25, -0.2) is 8.42 Å². The van der Waals surface area contributed by atoms with E-state index in [2.05, 4.69) is 10.3 Å². The highest BCUT2D eigenvalue weighted by molar-refractivity contribution is 14.0. The summed E-state index contributed by atoms with van der Waals surface area (Å²) < 4.78 is 28.2. The molecule has 6 nitrogen and oxygen atoms in total. The number of guanidine groups is 1.